The van der Waals surface area contributed by atoms with Crippen LogP contribution in [0.15, 0.2) is 0 Å². The summed E-state index contributed by atoms with van der Waals surface area (Å²) in [6.07, 6.45) is 4.43. The third kappa shape index (κ3) is 0.888. The van der Waals surface area contributed by atoms with Gasteiger partial charge in [0.2, 0.25) is 0 Å². The fourth-order valence-electron chi connectivity index (χ4n) is 4.22. The summed E-state index contributed by atoms with van der Waals surface area (Å²) < 4.78 is 0. The Morgan fingerprint density at radius 2 is 2.14 bits per heavy atom. The molecule has 2 bridgehead atoms. The molecule has 0 aromatic heterocycles. The molecular weight excluding hydrogens is 172 g/mol. The van der Waals surface area contributed by atoms with Gasteiger partial charge < -0.3 is 0 Å². The molecule has 2 aliphatic carbocycles. The van der Waals surface area contributed by atoms with Crippen molar-refractivity contribution in [2.24, 2.45) is 22.7 Å². The number of hydrogen-bond donors (Lipinski definition) is 0. The van der Waals surface area contributed by atoms with E-state index in [1.54, 1.807) is 0 Å². The summed E-state index contributed by atoms with van der Waals surface area (Å²) in [5.41, 5.74) is 0.298. The van der Waals surface area contributed by atoms with Crippen molar-refractivity contribution >= 4 is 5.78 Å². The van der Waals surface area contributed by atoms with Crippen molar-refractivity contribution < 1.29 is 4.79 Å². The molecule has 3 atom stereocenters. The van der Waals surface area contributed by atoms with Crippen LogP contribution in [0.25, 0.3) is 0 Å². The minimum absolute atomic E-state index is 0.0341. The highest BCUT2D eigenvalue weighted by molar-refractivity contribution is 5.90. The van der Waals surface area contributed by atoms with Crippen molar-refractivity contribution in [2.45, 2.75) is 53.4 Å². The van der Waals surface area contributed by atoms with E-state index in [0.29, 0.717) is 17.6 Å². The van der Waals surface area contributed by atoms with Crippen LogP contribution in [0.4, 0.5) is 0 Å². The van der Waals surface area contributed by atoms with Crippen LogP contribution < -0.4 is 0 Å². The van der Waals surface area contributed by atoms with Crippen LogP contribution in [0.1, 0.15) is 53.4 Å². The predicted molar refractivity (Wildman–Crippen MR) is 58.0 cm³/mol. The van der Waals surface area contributed by atoms with Crippen LogP contribution in [0, 0.1) is 22.7 Å². The Morgan fingerprint density at radius 1 is 1.50 bits per heavy atom. The van der Waals surface area contributed by atoms with Gasteiger partial charge in [-0.15, -0.1) is 0 Å². The molecule has 0 amide bonds. The van der Waals surface area contributed by atoms with Gasteiger partial charge in [-0.05, 0) is 30.1 Å². The summed E-state index contributed by atoms with van der Waals surface area (Å²) in [4.78, 5) is 12.2. The average molecular weight is 194 g/mol. The van der Waals surface area contributed by atoms with Gasteiger partial charge in [0, 0.05) is 11.8 Å². The summed E-state index contributed by atoms with van der Waals surface area (Å²) in [5, 5.41) is 0. The standard InChI is InChI=1S/C13H22O/c1-5-9(2)13-7-6-10(8-11(13)14)12(13,3)4/h9-10H,5-8H2,1-4H3. The number of ketones is 1. The first-order valence-corrected chi connectivity index (χ1v) is 6.00. The maximum atomic E-state index is 12.2. The first kappa shape index (κ1) is 10.2. The van der Waals surface area contributed by atoms with Crippen LogP contribution in [0.3, 0.4) is 0 Å². The quantitative estimate of drug-likeness (QED) is 0.658. The number of carbonyl (C=O) groups excluding carboxylic acids is 1. The molecule has 0 saturated heterocycles. The Labute approximate surface area is 87.3 Å². The highest BCUT2D eigenvalue weighted by Gasteiger charge is 2.65. The zero-order valence-corrected chi connectivity index (χ0v) is 9.89. The average Bonchev–Trinajstić information content (AvgIpc) is 2.49. The molecular formula is C13H22O. The smallest absolute Gasteiger partial charge is 0.140 e. The highest BCUT2D eigenvalue weighted by Crippen LogP contribution is 2.67. The molecule has 0 aromatic carbocycles. The van der Waals surface area contributed by atoms with E-state index >= 15 is 0 Å². The van der Waals surface area contributed by atoms with Crippen molar-refractivity contribution in [3.8, 4) is 0 Å². The van der Waals surface area contributed by atoms with Gasteiger partial charge in [-0.1, -0.05) is 34.1 Å². The molecule has 2 aliphatic rings. The lowest BCUT2D eigenvalue weighted by atomic mass is 9.61. The van der Waals surface area contributed by atoms with Crippen molar-refractivity contribution in [2.75, 3.05) is 0 Å². The van der Waals surface area contributed by atoms with E-state index in [9.17, 15) is 4.79 Å². The van der Waals surface area contributed by atoms with E-state index in [0.717, 1.165) is 19.3 Å². The van der Waals surface area contributed by atoms with E-state index in [-0.39, 0.29) is 10.8 Å². The molecule has 1 nitrogen and oxygen atoms in total. The molecule has 2 fully saturated rings. The molecule has 0 aliphatic heterocycles. The largest absolute Gasteiger partial charge is 0.299 e. The molecule has 0 N–H and O–H groups in total. The second kappa shape index (κ2) is 2.84. The van der Waals surface area contributed by atoms with E-state index in [4.69, 9.17) is 0 Å². The maximum absolute atomic E-state index is 12.2. The van der Waals surface area contributed by atoms with Gasteiger partial charge in [-0.2, -0.15) is 0 Å². The molecule has 80 valence electrons. The summed E-state index contributed by atoms with van der Waals surface area (Å²) in [5.74, 6) is 1.80. The maximum Gasteiger partial charge on any atom is 0.140 e. The fraction of sp³-hybridized carbons (Fsp3) is 0.923. The van der Waals surface area contributed by atoms with Gasteiger partial charge in [0.15, 0.2) is 0 Å². The van der Waals surface area contributed by atoms with Crippen LogP contribution in [0.5, 0.6) is 0 Å². The third-order valence-corrected chi connectivity index (χ3v) is 5.44. The van der Waals surface area contributed by atoms with Crippen LogP contribution in [-0.4, -0.2) is 5.78 Å². The Bertz CT molecular complexity index is 266. The molecule has 2 rings (SSSR count). The van der Waals surface area contributed by atoms with Crippen molar-refractivity contribution in [1.82, 2.24) is 0 Å². The Morgan fingerprint density at radius 3 is 2.50 bits per heavy atom. The topological polar surface area (TPSA) is 17.1 Å². The molecule has 1 heteroatoms. The van der Waals surface area contributed by atoms with E-state index < -0.39 is 0 Å². The van der Waals surface area contributed by atoms with Crippen LogP contribution in [-0.2, 0) is 4.79 Å². The summed E-state index contributed by atoms with van der Waals surface area (Å²) in [6.45, 7) is 9.13. The molecule has 0 radical (unpaired) electrons. The van der Waals surface area contributed by atoms with E-state index in [2.05, 4.69) is 27.7 Å². The minimum Gasteiger partial charge on any atom is -0.299 e. The monoisotopic (exact) mass is 194 g/mol. The second-order valence-corrected chi connectivity index (χ2v) is 5.87. The first-order chi connectivity index (χ1) is 6.46. The SMILES string of the molecule is CCC(C)C12CCC(CC1=O)C2(C)C. The number of rotatable bonds is 2. The lowest BCUT2D eigenvalue weighted by molar-refractivity contribution is -0.133. The van der Waals surface area contributed by atoms with Gasteiger partial charge in [0.25, 0.3) is 0 Å². The molecule has 0 spiro atoms. The van der Waals surface area contributed by atoms with Crippen LogP contribution in [0.2, 0.25) is 0 Å². The van der Waals surface area contributed by atoms with Crippen molar-refractivity contribution in [1.29, 1.82) is 0 Å². The van der Waals surface area contributed by atoms with Gasteiger partial charge in [-0.25, -0.2) is 0 Å². The predicted octanol–water partition coefficient (Wildman–Crippen LogP) is 3.43. The zero-order chi connectivity index (χ0) is 10.6. The zero-order valence-electron chi connectivity index (χ0n) is 9.89. The summed E-state index contributed by atoms with van der Waals surface area (Å²) >= 11 is 0. The number of hydrogen-bond acceptors (Lipinski definition) is 1. The number of fused-ring (bicyclic) bond motifs is 2. The normalized spacial score (nSPS) is 41.7. The summed E-state index contributed by atoms with van der Waals surface area (Å²) in [6, 6.07) is 0. The number of Topliss-reactive ketones (excluding diaryl/α,β-unsaturated/α-hetero) is 1. The van der Waals surface area contributed by atoms with Crippen LogP contribution >= 0.6 is 0 Å². The van der Waals surface area contributed by atoms with Gasteiger partial charge >= 0.3 is 0 Å². The van der Waals surface area contributed by atoms with E-state index in [1.807, 2.05) is 0 Å². The van der Waals surface area contributed by atoms with Gasteiger partial charge in [0.05, 0.1) is 0 Å². The lowest BCUT2D eigenvalue weighted by Gasteiger charge is -2.41. The lowest BCUT2D eigenvalue weighted by Crippen LogP contribution is -2.41. The second-order valence-electron chi connectivity index (χ2n) is 5.87. The summed E-state index contributed by atoms with van der Waals surface area (Å²) in [7, 11) is 0. The van der Waals surface area contributed by atoms with Gasteiger partial charge in [0.1, 0.15) is 5.78 Å². The Kier molecular flexibility index (Phi) is 2.06. The van der Waals surface area contributed by atoms with Crippen molar-refractivity contribution in [3.05, 3.63) is 0 Å². The first-order valence-electron chi connectivity index (χ1n) is 6.00. The molecule has 0 heterocycles. The third-order valence-electron chi connectivity index (χ3n) is 5.44. The molecule has 3 unspecified atom stereocenters. The molecule has 2 saturated carbocycles. The van der Waals surface area contributed by atoms with Gasteiger partial charge in [-0.3, -0.25) is 4.79 Å². The highest BCUT2D eigenvalue weighted by atomic mass is 16.1. The Hall–Kier alpha value is -0.330. The number of carbonyl (C=O) groups is 1. The Balaban J connectivity index is 2.44. The van der Waals surface area contributed by atoms with Crippen molar-refractivity contribution in [3.63, 3.8) is 0 Å². The molecule has 0 aromatic rings. The minimum atomic E-state index is 0.0341. The fourth-order valence-corrected chi connectivity index (χ4v) is 4.22. The molecule has 14 heavy (non-hydrogen) atoms. The van der Waals surface area contributed by atoms with E-state index in [1.165, 1.54) is 6.42 Å².